The number of benzene rings is 2. The number of nitrogens with one attached hydrogen (secondary N) is 2. The molecule has 0 spiro atoms. The number of carbonyl (C=O) groups is 2. The maximum Gasteiger partial charge on any atom is 0.313 e. The molecule has 0 saturated heterocycles. The zero-order valence-electron chi connectivity index (χ0n) is 13.2. The van der Waals surface area contributed by atoms with Crippen molar-refractivity contribution < 1.29 is 23.8 Å². The van der Waals surface area contributed by atoms with Crippen molar-refractivity contribution in [2.75, 3.05) is 12.4 Å². The standard InChI is InChI=1S/C17H17FN2O4/c1-10(12-9-11(24-2)7-8-15(12)21)19-16(22)17(23)20-14-6-4-3-5-13(14)18/h3-10,21H,1-2H3,(H,19,22)(H,20,23)/t10-/m0/s1. The number of phenolic OH excluding ortho intramolecular Hbond substituents is 1. The van der Waals surface area contributed by atoms with Gasteiger partial charge in [-0.25, -0.2) is 4.39 Å². The highest BCUT2D eigenvalue weighted by atomic mass is 19.1. The molecular weight excluding hydrogens is 315 g/mol. The third-order valence-corrected chi connectivity index (χ3v) is 3.38. The number of anilines is 1. The van der Waals surface area contributed by atoms with E-state index in [1.807, 2.05) is 0 Å². The summed E-state index contributed by atoms with van der Waals surface area (Å²) in [6.45, 7) is 1.60. The van der Waals surface area contributed by atoms with Gasteiger partial charge in [0.25, 0.3) is 0 Å². The van der Waals surface area contributed by atoms with Crippen LogP contribution in [0.15, 0.2) is 42.5 Å². The van der Waals surface area contributed by atoms with Crippen LogP contribution in [0.1, 0.15) is 18.5 Å². The monoisotopic (exact) mass is 332 g/mol. The lowest BCUT2D eigenvalue weighted by molar-refractivity contribution is -0.136. The molecule has 0 fully saturated rings. The fourth-order valence-corrected chi connectivity index (χ4v) is 2.09. The molecule has 3 N–H and O–H groups in total. The third kappa shape index (κ3) is 4.01. The number of carbonyl (C=O) groups excluding carboxylic acids is 2. The fourth-order valence-electron chi connectivity index (χ4n) is 2.09. The molecule has 24 heavy (non-hydrogen) atoms. The fraction of sp³-hybridized carbons (Fsp3) is 0.176. The summed E-state index contributed by atoms with van der Waals surface area (Å²) in [5.74, 6) is -2.14. The predicted octanol–water partition coefficient (Wildman–Crippen LogP) is 2.36. The Labute approximate surface area is 138 Å². The molecule has 0 heterocycles. The molecule has 2 rings (SSSR count). The second-order valence-corrected chi connectivity index (χ2v) is 5.05. The molecule has 6 nitrogen and oxygen atoms in total. The first-order valence-electron chi connectivity index (χ1n) is 7.15. The van der Waals surface area contributed by atoms with E-state index in [9.17, 15) is 19.1 Å². The Hall–Kier alpha value is -3.09. The molecule has 0 aliphatic rings. The number of phenols is 1. The summed E-state index contributed by atoms with van der Waals surface area (Å²) in [6.07, 6.45) is 0. The Morgan fingerprint density at radius 1 is 1.17 bits per heavy atom. The molecule has 2 amide bonds. The van der Waals surface area contributed by atoms with Crippen molar-refractivity contribution in [3.05, 3.63) is 53.8 Å². The van der Waals surface area contributed by atoms with E-state index in [0.29, 0.717) is 11.3 Å². The number of hydrogen-bond acceptors (Lipinski definition) is 4. The molecule has 2 aromatic carbocycles. The van der Waals surface area contributed by atoms with Gasteiger partial charge < -0.3 is 20.5 Å². The van der Waals surface area contributed by atoms with Crippen LogP contribution in [0.25, 0.3) is 0 Å². The quantitative estimate of drug-likeness (QED) is 0.750. The zero-order valence-corrected chi connectivity index (χ0v) is 13.2. The lowest BCUT2D eigenvalue weighted by atomic mass is 10.1. The molecule has 0 saturated carbocycles. The Morgan fingerprint density at radius 2 is 1.88 bits per heavy atom. The summed E-state index contributed by atoms with van der Waals surface area (Å²) in [5.41, 5.74) is 0.302. The molecule has 1 atom stereocenters. The van der Waals surface area contributed by atoms with Crippen LogP contribution in [-0.2, 0) is 9.59 Å². The number of ether oxygens (including phenoxy) is 1. The zero-order chi connectivity index (χ0) is 17.7. The van der Waals surface area contributed by atoms with Crippen molar-refractivity contribution in [1.29, 1.82) is 0 Å². The number of halogens is 1. The first kappa shape index (κ1) is 17.3. The molecule has 0 aliphatic heterocycles. The molecule has 0 aromatic heterocycles. The van der Waals surface area contributed by atoms with E-state index >= 15 is 0 Å². The molecule has 0 radical (unpaired) electrons. The lowest BCUT2D eigenvalue weighted by Gasteiger charge is -2.16. The average Bonchev–Trinajstić information content (AvgIpc) is 2.57. The van der Waals surface area contributed by atoms with E-state index in [1.165, 1.54) is 37.4 Å². The summed E-state index contributed by atoms with van der Waals surface area (Å²) in [6, 6.07) is 9.41. The minimum absolute atomic E-state index is 0.0434. The summed E-state index contributed by atoms with van der Waals surface area (Å²) in [7, 11) is 1.47. The Bertz CT molecular complexity index is 764. The largest absolute Gasteiger partial charge is 0.508 e. The minimum Gasteiger partial charge on any atom is -0.508 e. The molecular formula is C17H17FN2O4. The van der Waals surface area contributed by atoms with Crippen LogP contribution in [0.4, 0.5) is 10.1 Å². The maximum atomic E-state index is 13.5. The van der Waals surface area contributed by atoms with Crippen LogP contribution in [0, 0.1) is 5.82 Å². The SMILES string of the molecule is COc1ccc(O)c([C@H](C)NC(=O)C(=O)Nc2ccccc2F)c1. The van der Waals surface area contributed by atoms with Crippen molar-refractivity contribution >= 4 is 17.5 Å². The van der Waals surface area contributed by atoms with Gasteiger partial charge in [0.2, 0.25) is 0 Å². The van der Waals surface area contributed by atoms with Gasteiger partial charge in [0, 0.05) is 5.56 Å². The van der Waals surface area contributed by atoms with Crippen molar-refractivity contribution in [2.45, 2.75) is 13.0 Å². The summed E-state index contributed by atoms with van der Waals surface area (Å²) in [4.78, 5) is 23.8. The van der Waals surface area contributed by atoms with E-state index in [4.69, 9.17) is 4.74 Å². The van der Waals surface area contributed by atoms with Crippen LogP contribution >= 0.6 is 0 Å². The molecule has 2 aromatic rings. The third-order valence-electron chi connectivity index (χ3n) is 3.38. The van der Waals surface area contributed by atoms with E-state index in [1.54, 1.807) is 19.1 Å². The Balaban J connectivity index is 2.06. The average molecular weight is 332 g/mol. The second kappa shape index (κ2) is 7.45. The Morgan fingerprint density at radius 3 is 2.54 bits per heavy atom. The van der Waals surface area contributed by atoms with Crippen LogP contribution < -0.4 is 15.4 Å². The molecule has 0 unspecified atom stereocenters. The molecule has 0 aliphatic carbocycles. The second-order valence-electron chi connectivity index (χ2n) is 5.05. The maximum absolute atomic E-state index is 13.5. The van der Waals surface area contributed by atoms with E-state index in [0.717, 1.165) is 0 Å². The minimum atomic E-state index is -1.01. The molecule has 7 heteroatoms. The first-order chi connectivity index (χ1) is 11.4. The molecule has 0 bridgehead atoms. The van der Waals surface area contributed by atoms with Gasteiger partial charge in [-0.05, 0) is 37.3 Å². The van der Waals surface area contributed by atoms with Gasteiger partial charge in [-0.15, -0.1) is 0 Å². The highest BCUT2D eigenvalue weighted by Gasteiger charge is 2.20. The smallest absolute Gasteiger partial charge is 0.313 e. The number of amides is 2. The topological polar surface area (TPSA) is 87.7 Å². The predicted molar refractivity (Wildman–Crippen MR) is 86.2 cm³/mol. The van der Waals surface area contributed by atoms with Crippen LogP contribution in [0.3, 0.4) is 0 Å². The number of methoxy groups -OCH3 is 1. The van der Waals surface area contributed by atoms with Gasteiger partial charge in [-0.3, -0.25) is 9.59 Å². The first-order valence-corrected chi connectivity index (χ1v) is 7.15. The van der Waals surface area contributed by atoms with E-state index in [-0.39, 0.29) is 11.4 Å². The number of hydrogen-bond donors (Lipinski definition) is 3. The van der Waals surface area contributed by atoms with E-state index in [2.05, 4.69) is 10.6 Å². The van der Waals surface area contributed by atoms with Crippen LogP contribution in [-0.4, -0.2) is 24.0 Å². The van der Waals surface area contributed by atoms with Gasteiger partial charge in [-0.2, -0.15) is 0 Å². The molecule has 126 valence electrons. The summed E-state index contributed by atoms with van der Waals surface area (Å²) < 4.78 is 18.5. The van der Waals surface area contributed by atoms with Crippen molar-refractivity contribution in [2.24, 2.45) is 0 Å². The summed E-state index contributed by atoms with van der Waals surface area (Å²) in [5, 5.41) is 14.5. The van der Waals surface area contributed by atoms with Crippen LogP contribution in [0.2, 0.25) is 0 Å². The normalized spacial score (nSPS) is 11.5. The van der Waals surface area contributed by atoms with Crippen molar-refractivity contribution in [3.8, 4) is 11.5 Å². The summed E-state index contributed by atoms with van der Waals surface area (Å²) >= 11 is 0. The van der Waals surface area contributed by atoms with Gasteiger partial charge in [-0.1, -0.05) is 12.1 Å². The highest BCUT2D eigenvalue weighted by molar-refractivity contribution is 6.39. The van der Waals surface area contributed by atoms with Crippen molar-refractivity contribution in [1.82, 2.24) is 5.32 Å². The Kier molecular flexibility index (Phi) is 5.36. The highest BCUT2D eigenvalue weighted by Crippen LogP contribution is 2.28. The number of para-hydroxylation sites is 1. The van der Waals surface area contributed by atoms with Gasteiger partial charge in [0.15, 0.2) is 0 Å². The van der Waals surface area contributed by atoms with Gasteiger partial charge in [0.05, 0.1) is 18.8 Å². The number of aromatic hydroxyl groups is 1. The van der Waals surface area contributed by atoms with Gasteiger partial charge >= 0.3 is 11.8 Å². The van der Waals surface area contributed by atoms with E-state index < -0.39 is 23.7 Å². The van der Waals surface area contributed by atoms with Crippen LogP contribution in [0.5, 0.6) is 11.5 Å². The number of rotatable bonds is 4. The van der Waals surface area contributed by atoms with Crippen molar-refractivity contribution in [3.63, 3.8) is 0 Å². The lowest BCUT2D eigenvalue weighted by Crippen LogP contribution is -2.37. The van der Waals surface area contributed by atoms with Gasteiger partial charge in [0.1, 0.15) is 17.3 Å².